The first-order valence-electron chi connectivity index (χ1n) is 12.1. The van der Waals surface area contributed by atoms with E-state index in [0.717, 1.165) is 35.6 Å². The summed E-state index contributed by atoms with van der Waals surface area (Å²) in [5.74, 6) is -0.672. The van der Waals surface area contributed by atoms with Crippen LogP contribution in [-0.2, 0) is 19.7 Å². The fourth-order valence-corrected chi connectivity index (χ4v) is 5.93. The Morgan fingerprint density at radius 2 is 1.91 bits per heavy atom. The van der Waals surface area contributed by atoms with Gasteiger partial charge in [0.15, 0.2) is 5.67 Å². The van der Waals surface area contributed by atoms with Crippen molar-refractivity contribution in [3.63, 3.8) is 0 Å². The van der Waals surface area contributed by atoms with Gasteiger partial charge in [0.25, 0.3) is 16.1 Å². The van der Waals surface area contributed by atoms with Crippen LogP contribution in [0.25, 0.3) is 0 Å². The number of nitrogens with one attached hydrogen (secondary N) is 1. The summed E-state index contributed by atoms with van der Waals surface area (Å²) in [5, 5.41) is 0. The van der Waals surface area contributed by atoms with Gasteiger partial charge in [-0.15, -0.1) is 0 Å². The molecule has 0 aromatic heterocycles. The second-order valence-corrected chi connectivity index (χ2v) is 12.1. The van der Waals surface area contributed by atoms with Crippen LogP contribution in [0.2, 0.25) is 0 Å². The number of ether oxygens (including phenoxy) is 1. The first-order chi connectivity index (χ1) is 16.1. The van der Waals surface area contributed by atoms with E-state index in [1.807, 2.05) is 6.07 Å². The van der Waals surface area contributed by atoms with E-state index in [2.05, 4.69) is 4.72 Å². The number of halogens is 2. The molecule has 34 heavy (non-hydrogen) atoms. The molecule has 1 heterocycles. The molecule has 0 radical (unpaired) electrons. The average molecular weight is 500 g/mol. The van der Waals surface area contributed by atoms with E-state index in [-0.39, 0.29) is 37.2 Å². The van der Waals surface area contributed by atoms with E-state index in [4.69, 9.17) is 4.74 Å². The number of carbonyl (C=O) groups excluding carboxylic acids is 1. The number of hydrogen-bond donors (Lipinski definition) is 1. The molecule has 1 unspecified atom stereocenters. The van der Waals surface area contributed by atoms with Gasteiger partial charge in [0.1, 0.15) is 5.82 Å². The smallest absolute Gasteiger partial charge is 0.279 e. The fourth-order valence-electron chi connectivity index (χ4n) is 5.03. The lowest BCUT2D eigenvalue weighted by molar-refractivity contribution is -0.141. The summed E-state index contributed by atoms with van der Waals surface area (Å²) in [7, 11) is -0.726. The first kappa shape index (κ1) is 25.5. The van der Waals surface area contributed by atoms with E-state index in [9.17, 15) is 22.0 Å². The molecule has 1 N–H and O–H groups in total. The van der Waals surface area contributed by atoms with Gasteiger partial charge in [-0.2, -0.15) is 17.4 Å². The van der Waals surface area contributed by atoms with Crippen molar-refractivity contribution in [3.8, 4) is 0 Å². The zero-order chi connectivity index (χ0) is 24.5. The molecular formula is C24H35F2N3O4S. The maximum atomic E-state index is 14.4. The fraction of sp³-hybridized carbons (Fsp3) is 0.708. The van der Waals surface area contributed by atoms with Crippen molar-refractivity contribution in [1.82, 2.24) is 13.9 Å². The number of alkyl halides is 1. The van der Waals surface area contributed by atoms with E-state index in [1.165, 1.54) is 25.1 Å². The molecule has 0 bridgehead atoms. The quantitative estimate of drug-likeness (QED) is 0.597. The number of piperidine rings is 1. The van der Waals surface area contributed by atoms with Crippen molar-refractivity contribution in [2.75, 3.05) is 33.8 Å². The molecule has 1 aromatic rings. The second kappa shape index (κ2) is 10.2. The molecule has 1 saturated heterocycles. The van der Waals surface area contributed by atoms with Crippen molar-refractivity contribution >= 4 is 16.1 Å². The molecule has 190 valence electrons. The van der Waals surface area contributed by atoms with Crippen LogP contribution in [0.5, 0.6) is 0 Å². The van der Waals surface area contributed by atoms with Crippen molar-refractivity contribution in [1.29, 1.82) is 0 Å². The van der Waals surface area contributed by atoms with Gasteiger partial charge < -0.3 is 9.64 Å². The minimum absolute atomic E-state index is 0.0259. The number of amides is 1. The lowest BCUT2D eigenvalue weighted by atomic mass is 9.82. The summed E-state index contributed by atoms with van der Waals surface area (Å²) < 4.78 is 62.9. The van der Waals surface area contributed by atoms with Crippen LogP contribution in [0.15, 0.2) is 24.3 Å². The number of hydrogen-bond acceptors (Lipinski definition) is 4. The highest BCUT2D eigenvalue weighted by Crippen LogP contribution is 2.42. The molecule has 4 rings (SSSR count). The van der Waals surface area contributed by atoms with Gasteiger partial charge in [-0.3, -0.25) is 4.79 Å². The number of rotatable bonds is 8. The Balaban J connectivity index is 1.35. The Bertz CT molecular complexity index is 978. The third-order valence-electron chi connectivity index (χ3n) is 7.41. The molecule has 3 aliphatic rings. The minimum Gasteiger partial charge on any atom is -0.378 e. The minimum atomic E-state index is -3.65. The summed E-state index contributed by atoms with van der Waals surface area (Å²) in [6.45, 7) is 0.878. The van der Waals surface area contributed by atoms with Crippen LogP contribution >= 0.6 is 0 Å². The maximum absolute atomic E-state index is 14.4. The average Bonchev–Trinajstić information content (AvgIpc) is 3.56. The molecule has 2 aliphatic carbocycles. The molecule has 1 aromatic carbocycles. The molecule has 0 spiro atoms. The number of benzene rings is 1. The number of carbonyl (C=O) groups is 1. The molecule has 1 amide bonds. The standard InChI is InChI=1S/C24H35F2N3O4S/c1-28(2)34(31,32)27-22-10-13-29(23(30)24(26)11-12-24)15-19(22)16-33-21-8-6-17(7-9-21)18-4-3-5-20(25)14-18/h3-5,14,17,19,21-22,27H,6-13,15-16H2,1-2H3/t17?,19-,21?,22?/m0/s1. The summed E-state index contributed by atoms with van der Waals surface area (Å²) >= 11 is 0. The largest absolute Gasteiger partial charge is 0.378 e. The lowest BCUT2D eigenvalue weighted by Gasteiger charge is -2.40. The van der Waals surface area contributed by atoms with Crippen LogP contribution in [-0.4, -0.2) is 75.1 Å². The molecule has 1 aliphatic heterocycles. The Hall–Kier alpha value is -1.62. The summed E-state index contributed by atoms with van der Waals surface area (Å²) in [4.78, 5) is 14.1. The van der Waals surface area contributed by atoms with E-state index in [0.29, 0.717) is 25.5 Å². The van der Waals surface area contributed by atoms with Gasteiger partial charge >= 0.3 is 0 Å². The Kier molecular flexibility index (Phi) is 7.61. The lowest BCUT2D eigenvalue weighted by Crippen LogP contribution is -2.56. The zero-order valence-electron chi connectivity index (χ0n) is 19.9. The molecule has 3 fully saturated rings. The Morgan fingerprint density at radius 1 is 1.21 bits per heavy atom. The summed E-state index contributed by atoms with van der Waals surface area (Å²) in [6.07, 6.45) is 4.40. The summed E-state index contributed by atoms with van der Waals surface area (Å²) in [5.41, 5.74) is -0.727. The maximum Gasteiger partial charge on any atom is 0.279 e. The van der Waals surface area contributed by atoms with E-state index >= 15 is 0 Å². The second-order valence-electron chi connectivity index (χ2n) is 10.1. The number of likely N-dealkylation sites (tertiary alicyclic amines) is 1. The third-order valence-corrected chi connectivity index (χ3v) is 8.98. The molecular weight excluding hydrogens is 464 g/mol. The van der Waals surface area contributed by atoms with Gasteiger partial charge in [-0.1, -0.05) is 12.1 Å². The first-order valence-corrected chi connectivity index (χ1v) is 13.6. The predicted octanol–water partition coefficient (Wildman–Crippen LogP) is 2.98. The Labute approximate surface area is 201 Å². The van der Waals surface area contributed by atoms with E-state index < -0.39 is 27.8 Å². The molecule has 7 nitrogen and oxygen atoms in total. The van der Waals surface area contributed by atoms with Gasteiger partial charge in [0.2, 0.25) is 0 Å². The highest BCUT2D eigenvalue weighted by Gasteiger charge is 2.53. The van der Waals surface area contributed by atoms with Gasteiger partial charge in [0.05, 0.1) is 12.7 Å². The van der Waals surface area contributed by atoms with Crippen LogP contribution in [0.3, 0.4) is 0 Å². The van der Waals surface area contributed by atoms with Gasteiger partial charge in [-0.05, 0) is 68.6 Å². The van der Waals surface area contributed by atoms with Gasteiger partial charge in [0, 0.05) is 39.1 Å². The zero-order valence-corrected chi connectivity index (χ0v) is 20.7. The van der Waals surface area contributed by atoms with Crippen molar-refractivity contribution in [3.05, 3.63) is 35.6 Å². The third kappa shape index (κ3) is 5.95. The summed E-state index contributed by atoms with van der Waals surface area (Å²) in [6, 6.07) is 6.35. The Morgan fingerprint density at radius 3 is 2.53 bits per heavy atom. The van der Waals surface area contributed by atoms with Crippen LogP contribution in [0.4, 0.5) is 8.78 Å². The van der Waals surface area contributed by atoms with Crippen LogP contribution in [0.1, 0.15) is 56.4 Å². The van der Waals surface area contributed by atoms with Crippen LogP contribution in [0, 0.1) is 11.7 Å². The predicted molar refractivity (Wildman–Crippen MR) is 125 cm³/mol. The van der Waals surface area contributed by atoms with Crippen molar-refractivity contribution in [2.45, 2.75) is 68.7 Å². The SMILES string of the molecule is CN(C)S(=O)(=O)NC1CCN(C(=O)C2(F)CC2)C[C@H]1COC1CCC(c2cccc(F)c2)CC1. The van der Waals surface area contributed by atoms with Crippen molar-refractivity contribution < 1.29 is 26.7 Å². The highest BCUT2D eigenvalue weighted by atomic mass is 32.2. The highest BCUT2D eigenvalue weighted by molar-refractivity contribution is 7.87. The molecule has 2 saturated carbocycles. The topological polar surface area (TPSA) is 79.0 Å². The molecule has 2 atom stereocenters. The molecule has 10 heteroatoms. The normalized spacial score (nSPS) is 29.3. The van der Waals surface area contributed by atoms with Gasteiger partial charge in [-0.25, -0.2) is 8.78 Å². The van der Waals surface area contributed by atoms with E-state index in [1.54, 1.807) is 12.1 Å². The van der Waals surface area contributed by atoms with Crippen LogP contribution < -0.4 is 4.72 Å². The van der Waals surface area contributed by atoms with Crippen molar-refractivity contribution in [2.24, 2.45) is 5.92 Å². The number of nitrogens with zero attached hydrogens (tertiary/aromatic N) is 2. The monoisotopic (exact) mass is 499 g/mol.